The van der Waals surface area contributed by atoms with E-state index in [1.54, 1.807) is 50.2 Å². The van der Waals surface area contributed by atoms with Crippen LogP contribution < -0.4 is 10.9 Å². The molecule has 0 spiro atoms. The molecule has 0 fully saturated rings. The Morgan fingerprint density at radius 3 is 2.48 bits per heavy atom. The van der Waals surface area contributed by atoms with Gasteiger partial charge in [-0.25, -0.2) is 13.4 Å². The van der Waals surface area contributed by atoms with Gasteiger partial charge in [0.15, 0.2) is 0 Å². The van der Waals surface area contributed by atoms with Crippen LogP contribution in [0.3, 0.4) is 0 Å². The van der Waals surface area contributed by atoms with Crippen LogP contribution in [0.4, 0.5) is 0 Å². The van der Waals surface area contributed by atoms with Crippen LogP contribution in [0.2, 0.25) is 5.02 Å². The van der Waals surface area contributed by atoms with Gasteiger partial charge in [0.25, 0.3) is 5.91 Å². The summed E-state index contributed by atoms with van der Waals surface area (Å²) in [6.45, 7) is 4.35. The van der Waals surface area contributed by atoms with Crippen molar-refractivity contribution in [3.8, 4) is 0 Å². The van der Waals surface area contributed by atoms with Gasteiger partial charge >= 0.3 is 0 Å². The number of imidazole rings is 1. The van der Waals surface area contributed by atoms with Gasteiger partial charge in [0, 0.05) is 43.6 Å². The molecule has 0 atom stereocenters. The van der Waals surface area contributed by atoms with Gasteiger partial charge in [-0.15, -0.1) is 0 Å². The van der Waals surface area contributed by atoms with Crippen molar-refractivity contribution >= 4 is 44.5 Å². The quantitative estimate of drug-likeness (QED) is 0.470. The third-order valence-electron chi connectivity index (χ3n) is 5.27. The molecule has 0 aliphatic carbocycles. The number of nitrogens with zero attached hydrogens (tertiary/aromatic N) is 3. The topological polar surface area (TPSA) is 113 Å². The van der Waals surface area contributed by atoms with Gasteiger partial charge in [-0.3, -0.25) is 20.4 Å². The Labute approximate surface area is 197 Å². The van der Waals surface area contributed by atoms with Gasteiger partial charge < -0.3 is 4.57 Å². The minimum atomic E-state index is -3.59. The number of hydrazine groups is 1. The highest BCUT2D eigenvalue weighted by molar-refractivity contribution is 7.89. The number of amides is 2. The Balaban J connectivity index is 1.66. The fraction of sp³-hybridized carbons (Fsp3) is 0.318. The van der Waals surface area contributed by atoms with Gasteiger partial charge in [-0.1, -0.05) is 31.5 Å². The molecule has 176 valence electrons. The van der Waals surface area contributed by atoms with Crippen LogP contribution in [0.15, 0.2) is 47.4 Å². The molecule has 0 bridgehead atoms. The number of fused-ring (bicyclic) bond motifs is 1. The summed E-state index contributed by atoms with van der Waals surface area (Å²) in [6.07, 6.45) is 0.389. The van der Waals surface area contributed by atoms with E-state index in [1.165, 1.54) is 10.4 Å². The smallest absolute Gasteiger partial charge is 0.269 e. The molecule has 0 saturated carbocycles. The van der Waals surface area contributed by atoms with E-state index >= 15 is 0 Å². The number of carbonyl (C=O) groups is 2. The van der Waals surface area contributed by atoms with Gasteiger partial charge in [0.2, 0.25) is 15.9 Å². The van der Waals surface area contributed by atoms with E-state index in [9.17, 15) is 18.0 Å². The van der Waals surface area contributed by atoms with E-state index < -0.39 is 15.9 Å². The molecular formula is C22H26ClN5O4S. The molecule has 0 radical (unpaired) electrons. The van der Waals surface area contributed by atoms with Gasteiger partial charge in [0.1, 0.15) is 5.82 Å². The first kappa shape index (κ1) is 24.7. The lowest BCUT2D eigenvalue weighted by atomic mass is 10.2. The molecule has 3 aromatic rings. The Kier molecular flexibility index (Phi) is 7.72. The summed E-state index contributed by atoms with van der Waals surface area (Å²) in [5.41, 5.74) is 6.36. The van der Waals surface area contributed by atoms with Crippen LogP contribution in [0.5, 0.6) is 0 Å². The number of carbonyl (C=O) groups excluding carboxylic acids is 2. The first-order valence-corrected chi connectivity index (χ1v) is 12.3. The summed E-state index contributed by atoms with van der Waals surface area (Å²) < 4.78 is 28.8. The molecule has 9 nitrogen and oxygen atoms in total. The normalized spacial score (nSPS) is 11.7. The molecule has 0 aliphatic rings. The average molecular weight is 492 g/mol. The maximum absolute atomic E-state index is 12.8. The van der Waals surface area contributed by atoms with Crippen molar-refractivity contribution in [3.05, 3.63) is 58.9 Å². The molecule has 2 aromatic carbocycles. The zero-order chi connectivity index (χ0) is 24.2. The van der Waals surface area contributed by atoms with E-state index in [0.29, 0.717) is 41.4 Å². The van der Waals surface area contributed by atoms with Crippen molar-refractivity contribution in [2.45, 2.75) is 31.6 Å². The largest absolute Gasteiger partial charge is 0.331 e. The number of halogens is 1. The van der Waals surface area contributed by atoms with Crippen LogP contribution in [-0.4, -0.2) is 47.2 Å². The lowest BCUT2D eigenvalue weighted by Crippen LogP contribution is -2.41. The molecule has 3 rings (SSSR count). The molecule has 33 heavy (non-hydrogen) atoms. The number of aryl methyl sites for hydroxylation is 2. The van der Waals surface area contributed by atoms with Crippen molar-refractivity contribution in [2.24, 2.45) is 7.05 Å². The maximum atomic E-state index is 12.8. The Morgan fingerprint density at radius 1 is 1.09 bits per heavy atom. The van der Waals surface area contributed by atoms with Crippen LogP contribution in [0.25, 0.3) is 11.0 Å². The van der Waals surface area contributed by atoms with Crippen LogP contribution in [0, 0.1) is 0 Å². The van der Waals surface area contributed by atoms with E-state index in [-0.39, 0.29) is 17.2 Å². The molecule has 0 saturated heterocycles. The molecular weight excluding hydrogens is 466 g/mol. The highest BCUT2D eigenvalue weighted by Gasteiger charge is 2.22. The molecule has 1 heterocycles. The summed E-state index contributed by atoms with van der Waals surface area (Å²) in [5, 5.41) is 0.420. The minimum Gasteiger partial charge on any atom is -0.331 e. The standard InChI is InChI=1S/C22H26ClN5O4S/c1-4-28(5-2)33(31,32)17-9-10-19-18(14-17)24-20(27(19)3)11-12-21(29)25-26-22(30)15-7-6-8-16(23)13-15/h6-10,13-14H,4-5,11-12H2,1-3H3,(H,25,29)(H,26,30). The number of hydrogen-bond acceptors (Lipinski definition) is 5. The number of rotatable bonds is 8. The SMILES string of the molecule is CCN(CC)S(=O)(=O)c1ccc2c(c1)nc(CCC(=O)NNC(=O)c1cccc(Cl)c1)n2C. The number of aromatic nitrogens is 2. The number of benzene rings is 2. The predicted octanol–water partition coefficient (Wildman–Crippen LogP) is 2.65. The van der Waals surface area contributed by atoms with Crippen molar-refractivity contribution in [2.75, 3.05) is 13.1 Å². The molecule has 0 unspecified atom stereocenters. The first-order valence-electron chi connectivity index (χ1n) is 10.5. The third-order valence-corrected chi connectivity index (χ3v) is 7.55. The molecule has 2 amide bonds. The second kappa shape index (κ2) is 10.3. The van der Waals surface area contributed by atoms with Crippen molar-refractivity contribution in [1.82, 2.24) is 24.7 Å². The summed E-state index contributed by atoms with van der Waals surface area (Å²) in [6, 6.07) is 11.2. The van der Waals surface area contributed by atoms with Crippen molar-refractivity contribution < 1.29 is 18.0 Å². The van der Waals surface area contributed by atoms with Crippen LogP contribution in [-0.2, 0) is 28.3 Å². The second-order valence-corrected chi connectivity index (χ2v) is 9.71. The number of hydrogen-bond donors (Lipinski definition) is 2. The van der Waals surface area contributed by atoms with E-state index in [4.69, 9.17) is 11.6 Å². The summed E-state index contributed by atoms with van der Waals surface area (Å²) in [5.74, 6) is -0.239. The number of sulfonamides is 1. The fourth-order valence-corrected chi connectivity index (χ4v) is 5.11. The molecule has 2 N–H and O–H groups in total. The maximum Gasteiger partial charge on any atom is 0.269 e. The average Bonchev–Trinajstić information content (AvgIpc) is 3.11. The van der Waals surface area contributed by atoms with Crippen molar-refractivity contribution in [1.29, 1.82) is 0 Å². The van der Waals surface area contributed by atoms with E-state index in [1.807, 2.05) is 11.6 Å². The second-order valence-electron chi connectivity index (χ2n) is 7.34. The minimum absolute atomic E-state index is 0.0809. The number of nitrogens with one attached hydrogen (secondary N) is 2. The van der Waals surface area contributed by atoms with E-state index in [2.05, 4.69) is 15.8 Å². The van der Waals surface area contributed by atoms with Crippen molar-refractivity contribution in [3.63, 3.8) is 0 Å². The molecule has 11 heteroatoms. The van der Waals surface area contributed by atoms with Gasteiger partial charge in [-0.2, -0.15) is 4.31 Å². The highest BCUT2D eigenvalue weighted by atomic mass is 35.5. The Bertz CT molecular complexity index is 1290. The predicted molar refractivity (Wildman–Crippen MR) is 126 cm³/mol. The third kappa shape index (κ3) is 5.52. The zero-order valence-corrected chi connectivity index (χ0v) is 20.2. The molecule has 1 aromatic heterocycles. The Morgan fingerprint density at radius 2 is 1.82 bits per heavy atom. The fourth-order valence-electron chi connectivity index (χ4n) is 3.44. The van der Waals surface area contributed by atoms with Crippen LogP contribution >= 0.6 is 11.6 Å². The summed E-state index contributed by atoms with van der Waals surface area (Å²) in [7, 11) is -1.78. The highest BCUT2D eigenvalue weighted by Crippen LogP contribution is 2.22. The Hall–Kier alpha value is -2.95. The summed E-state index contributed by atoms with van der Waals surface area (Å²) in [4.78, 5) is 29.0. The van der Waals surface area contributed by atoms with Gasteiger partial charge in [-0.05, 0) is 36.4 Å². The van der Waals surface area contributed by atoms with E-state index in [0.717, 1.165) is 5.52 Å². The first-order chi connectivity index (χ1) is 15.7. The van der Waals surface area contributed by atoms with Crippen LogP contribution in [0.1, 0.15) is 36.5 Å². The van der Waals surface area contributed by atoms with Gasteiger partial charge in [0.05, 0.1) is 15.9 Å². The lowest BCUT2D eigenvalue weighted by molar-refractivity contribution is -0.121. The summed E-state index contributed by atoms with van der Waals surface area (Å²) >= 11 is 5.87. The lowest BCUT2D eigenvalue weighted by Gasteiger charge is -2.18. The zero-order valence-electron chi connectivity index (χ0n) is 18.6. The molecule has 0 aliphatic heterocycles. The monoisotopic (exact) mass is 491 g/mol.